The Morgan fingerprint density at radius 3 is 2.23 bits per heavy atom. The highest BCUT2D eigenvalue weighted by atomic mass is 32.2. The van der Waals surface area contributed by atoms with Crippen molar-refractivity contribution in [2.45, 2.75) is 25.7 Å². The third-order valence-corrected chi connectivity index (χ3v) is 5.70. The Morgan fingerprint density at radius 1 is 1.18 bits per heavy atom. The van der Waals surface area contributed by atoms with Gasteiger partial charge in [-0.3, -0.25) is 4.57 Å². The molecule has 1 aromatic carbocycles. The molecule has 0 aromatic heterocycles. The van der Waals surface area contributed by atoms with Gasteiger partial charge in [-0.15, -0.1) is 0 Å². The van der Waals surface area contributed by atoms with Crippen molar-refractivity contribution in [3.8, 4) is 0 Å². The zero-order valence-corrected chi connectivity index (χ0v) is 14.6. The Balaban J connectivity index is 2.68. The van der Waals surface area contributed by atoms with Crippen LogP contribution in [0.2, 0.25) is 0 Å². The molecule has 0 spiro atoms. The van der Waals surface area contributed by atoms with E-state index in [-0.39, 0.29) is 24.3 Å². The molecule has 7 nitrogen and oxygen atoms in total. The van der Waals surface area contributed by atoms with Gasteiger partial charge in [-0.2, -0.15) is 13.5 Å². The number of nitrogens with one attached hydrogen (secondary N) is 1. The highest BCUT2D eigenvalue weighted by molar-refractivity contribution is 7.89. The van der Waals surface area contributed by atoms with Gasteiger partial charge in [0.15, 0.2) is 0 Å². The van der Waals surface area contributed by atoms with Crippen LogP contribution in [0.1, 0.15) is 19.4 Å². The Hall–Kier alpha value is -1.21. The summed E-state index contributed by atoms with van der Waals surface area (Å²) in [6, 6.07) is 6.35. The lowest BCUT2D eigenvalue weighted by Gasteiger charge is -2.14. The van der Waals surface area contributed by atoms with E-state index < -0.39 is 17.6 Å². The smallest absolute Gasteiger partial charge is 0.309 e. The van der Waals surface area contributed by atoms with E-state index >= 15 is 0 Å². The maximum Gasteiger partial charge on any atom is 0.336 e. The number of sulfonamides is 1. The SMILES string of the molecule is CCOP(=O)(C/C=N/NS(=O)(=O)c1ccc(C)cc1)OCC. The molecular weight excluding hydrogens is 327 g/mol. The summed E-state index contributed by atoms with van der Waals surface area (Å²) < 4.78 is 46.2. The summed E-state index contributed by atoms with van der Waals surface area (Å²) in [4.78, 5) is 2.17. The summed E-state index contributed by atoms with van der Waals surface area (Å²) in [5.74, 6) is 0. The highest BCUT2D eigenvalue weighted by Crippen LogP contribution is 2.46. The lowest BCUT2D eigenvalue weighted by molar-refractivity contribution is 0.223. The normalized spacial score (nSPS) is 12.7. The number of hydrazone groups is 1. The molecule has 1 aromatic rings. The second kappa shape index (κ2) is 8.43. The number of nitrogens with zero attached hydrogens (tertiary/aromatic N) is 1. The third kappa shape index (κ3) is 5.88. The Bertz CT molecular complexity index is 633. The van der Waals surface area contributed by atoms with Gasteiger partial charge in [-0.05, 0) is 32.9 Å². The molecule has 0 heterocycles. The zero-order valence-electron chi connectivity index (χ0n) is 12.9. The zero-order chi connectivity index (χ0) is 16.6. The standard InChI is InChI=1S/C13H21N2O5PS/c1-4-19-21(16,20-5-2)11-10-14-15-22(17,18)13-8-6-12(3)7-9-13/h6-10,15H,4-5,11H2,1-3H3/b14-10+. The van der Waals surface area contributed by atoms with E-state index in [1.54, 1.807) is 26.0 Å². The summed E-state index contributed by atoms with van der Waals surface area (Å²) in [6.45, 7) is 5.73. The van der Waals surface area contributed by atoms with Crippen LogP contribution in [0.15, 0.2) is 34.3 Å². The van der Waals surface area contributed by atoms with Crippen molar-refractivity contribution < 1.29 is 22.0 Å². The molecule has 0 bridgehead atoms. The summed E-state index contributed by atoms with van der Waals surface area (Å²) in [5, 5.41) is 3.60. The molecule has 9 heteroatoms. The summed E-state index contributed by atoms with van der Waals surface area (Å²) in [6.07, 6.45) is 1.07. The predicted molar refractivity (Wildman–Crippen MR) is 85.7 cm³/mol. The topological polar surface area (TPSA) is 94.1 Å². The minimum Gasteiger partial charge on any atom is -0.309 e. The summed E-state index contributed by atoms with van der Waals surface area (Å²) >= 11 is 0. The van der Waals surface area contributed by atoms with Crippen LogP contribution in [0.25, 0.3) is 0 Å². The van der Waals surface area contributed by atoms with Crippen LogP contribution < -0.4 is 4.83 Å². The van der Waals surface area contributed by atoms with Crippen molar-refractivity contribution in [1.82, 2.24) is 4.83 Å². The average Bonchev–Trinajstić information content (AvgIpc) is 2.45. The van der Waals surface area contributed by atoms with Gasteiger partial charge in [0.05, 0.1) is 24.3 Å². The molecule has 22 heavy (non-hydrogen) atoms. The average molecular weight is 348 g/mol. The second-order valence-corrected chi connectivity index (χ2v) is 8.11. The minimum absolute atomic E-state index is 0.105. The molecule has 1 N–H and O–H groups in total. The Kier molecular flexibility index (Phi) is 7.22. The number of hydrogen-bond donors (Lipinski definition) is 1. The molecule has 0 fully saturated rings. The van der Waals surface area contributed by atoms with Crippen LogP contribution >= 0.6 is 7.60 Å². The monoisotopic (exact) mass is 348 g/mol. The fraction of sp³-hybridized carbons (Fsp3) is 0.462. The fourth-order valence-corrected chi connectivity index (χ4v) is 3.72. The summed E-state index contributed by atoms with van der Waals surface area (Å²) in [7, 11) is -7.00. The number of aryl methyl sites for hydroxylation is 1. The molecule has 0 aliphatic heterocycles. The Labute approximate surface area is 131 Å². The van der Waals surface area contributed by atoms with Gasteiger partial charge >= 0.3 is 7.60 Å². The number of hydrogen-bond acceptors (Lipinski definition) is 6. The maximum atomic E-state index is 12.1. The van der Waals surface area contributed by atoms with E-state index in [0.29, 0.717) is 0 Å². The van der Waals surface area contributed by atoms with Gasteiger partial charge in [0.25, 0.3) is 10.0 Å². The number of rotatable bonds is 9. The first kappa shape index (κ1) is 18.8. The molecule has 0 saturated heterocycles. The van der Waals surface area contributed by atoms with E-state index in [9.17, 15) is 13.0 Å². The third-order valence-electron chi connectivity index (χ3n) is 2.55. The summed E-state index contributed by atoms with van der Waals surface area (Å²) in [5.41, 5.74) is 0.955. The molecule has 124 valence electrons. The van der Waals surface area contributed by atoms with Gasteiger partial charge in [0, 0.05) is 6.21 Å². The van der Waals surface area contributed by atoms with E-state index in [4.69, 9.17) is 9.05 Å². The Morgan fingerprint density at radius 2 is 1.73 bits per heavy atom. The highest BCUT2D eigenvalue weighted by Gasteiger charge is 2.22. The van der Waals surface area contributed by atoms with Crippen LogP contribution in [-0.4, -0.2) is 34.0 Å². The maximum absolute atomic E-state index is 12.1. The lowest BCUT2D eigenvalue weighted by Crippen LogP contribution is -2.18. The van der Waals surface area contributed by atoms with Gasteiger partial charge in [-0.1, -0.05) is 17.7 Å². The molecule has 0 amide bonds. The molecule has 0 atom stereocenters. The largest absolute Gasteiger partial charge is 0.336 e. The van der Waals surface area contributed by atoms with E-state index in [2.05, 4.69) is 9.93 Å². The van der Waals surface area contributed by atoms with E-state index in [1.807, 2.05) is 6.92 Å². The molecular formula is C13H21N2O5PS. The van der Waals surface area contributed by atoms with E-state index in [0.717, 1.165) is 5.56 Å². The first-order valence-electron chi connectivity index (χ1n) is 6.81. The molecule has 0 saturated carbocycles. The predicted octanol–water partition coefficient (Wildman–Crippen LogP) is 2.53. The van der Waals surface area contributed by atoms with Crippen molar-refractivity contribution in [2.75, 3.05) is 19.4 Å². The molecule has 0 radical (unpaired) electrons. The van der Waals surface area contributed by atoms with Crippen LogP contribution in [0.4, 0.5) is 0 Å². The minimum atomic E-state index is -3.74. The van der Waals surface area contributed by atoms with Gasteiger partial charge in [0.2, 0.25) is 0 Å². The first-order chi connectivity index (χ1) is 10.3. The van der Waals surface area contributed by atoms with Crippen LogP contribution in [-0.2, 0) is 23.6 Å². The first-order valence-corrected chi connectivity index (χ1v) is 10.0. The molecule has 0 aliphatic carbocycles. The van der Waals surface area contributed by atoms with Crippen molar-refractivity contribution in [3.05, 3.63) is 29.8 Å². The van der Waals surface area contributed by atoms with E-state index in [1.165, 1.54) is 18.3 Å². The molecule has 1 rings (SSSR count). The quantitative estimate of drug-likeness (QED) is 0.420. The molecule has 0 aliphatic rings. The molecule has 0 unspecified atom stereocenters. The lowest BCUT2D eigenvalue weighted by atomic mass is 10.2. The fourth-order valence-electron chi connectivity index (χ4n) is 1.55. The van der Waals surface area contributed by atoms with Gasteiger partial charge in [0.1, 0.15) is 0 Å². The van der Waals surface area contributed by atoms with Crippen molar-refractivity contribution in [1.29, 1.82) is 0 Å². The van der Waals surface area contributed by atoms with Crippen LogP contribution in [0.3, 0.4) is 0 Å². The van der Waals surface area contributed by atoms with Gasteiger partial charge < -0.3 is 9.05 Å². The van der Waals surface area contributed by atoms with Crippen molar-refractivity contribution in [3.63, 3.8) is 0 Å². The van der Waals surface area contributed by atoms with Crippen molar-refractivity contribution >= 4 is 23.8 Å². The second-order valence-electron chi connectivity index (χ2n) is 4.35. The van der Waals surface area contributed by atoms with Gasteiger partial charge in [-0.25, -0.2) is 4.83 Å². The van der Waals surface area contributed by atoms with Crippen LogP contribution in [0, 0.1) is 6.92 Å². The van der Waals surface area contributed by atoms with Crippen molar-refractivity contribution in [2.24, 2.45) is 5.10 Å². The number of benzene rings is 1. The van der Waals surface area contributed by atoms with Crippen LogP contribution in [0.5, 0.6) is 0 Å².